The molecular formula is C20H34N2O5. The summed E-state index contributed by atoms with van der Waals surface area (Å²) in [6.45, 7) is 15.4. The molecular weight excluding hydrogens is 348 g/mol. The molecule has 3 atom stereocenters. The molecule has 1 unspecified atom stereocenters. The van der Waals surface area contributed by atoms with Gasteiger partial charge in [-0.2, -0.15) is 0 Å². The van der Waals surface area contributed by atoms with Crippen LogP contribution in [0.15, 0.2) is 0 Å². The minimum Gasteiger partial charge on any atom is -0.480 e. The van der Waals surface area contributed by atoms with E-state index in [2.05, 4.69) is 19.2 Å². The smallest absolute Gasteiger partial charge is 0.408 e. The Morgan fingerprint density at radius 1 is 1.15 bits per heavy atom. The van der Waals surface area contributed by atoms with Crippen molar-refractivity contribution in [2.45, 2.75) is 85.9 Å². The molecule has 2 amide bonds. The van der Waals surface area contributed by atoms with Crippen molar-refractivity contribution in [3.8, 4) is 0 Å². The second-order valence-corrected chi connectivity index (χ2v) is 10.8. The third kappa shape index (κ3) is 4.38. The number of rotatable bonds is 3. The van der Waals surface area contributed by atoms with Crippen molar-refractivity contribution in [1.29, 1.82) is 0 Å². The number of nitrogens with zero attached hydrogens (tertiary/aromatic N) is 1. The predicted molar refractivity (Wildman–Crippen MR) is 101 cm³/mol. The fourth-order valence-electron chi connectivity index (χ4n) is 4.09. The summed E-state index contributed by atoms with van der Waals surface area (Å²) in [5.74, 6) is -1.35. The lowest BCUT2D eigenvalue weighted by atomic mass is 9.85. The fraction of sp³-hybridized carbons (Fsp3) is 0.850. The molecule has 1 saturated carbocycles. The van der Waals surface area contributed by atoms with Crippen molar-refractivity contribution in [3.63, 3.8) is 0 Å². The number of aliphatic carboxylic acids is 1. The van der Waals surface area contributed by atoms with Crippen LogP contribution in [0, 0.1) is 16.2 Å². The molecule has 2 rings (SSSR count). The second-order valence-electron chi connectivity index (χ2n) is 10.8. The van der Waals surface area contributed by atoms with Crippen LogP contribution < -0.4 is 5.32 Å². The standard InChI is InChI=1S/C20H34N2O5/c1-17(2,3)13(21-16(26)27-18(4,5)6)14(23)22-11-20(10-19(20,7)8)9-12(22)15(24)25/h12-13H,9-11H2,1-8H3,(H,21,26)(H,24,25)/t12-,13+,20?/m0/s1. The molecule has 1 aliphatic heterocycles. The highest BCUT2D eigenvalue weighted by Crippen LogP contribution is 2.68. The van der Waals surface area contributed by atoms with Crippen molar-refractivity contribution in [2.75, 3.05) is 6.54 Å². The molecule has 1 aliphatic carbocycles. The first-order valence-corrected chi connectivity index (χ1v) is 9.52. The van der Waals surface area contributed by atoms with Crippen LogP contribution in [0.2, 0.25) is 0 Å². The van der Waals surface area contributed by atoms with E-state index in [0.717, 1.165) is 6.42 Å². The molecule has 1 heterocycles. The van der Waals surface area contributed by atoms with E-state index in [9.17, 15) is 19.5 Å². The maximum atomic E-state index is 13.3. The van der Waals surface area contributed by atoms with E-state index in [0.29, 0.717) is 13.0 Å². The summed E-state index contributed by atoms with van der Waals surface area (Å²) < 4.78 is 5.30. The van der Waals surface area contributed by atoms with Crippen LogP contribution in [0.1, 0.15) is 68.2 Å². The molecule has 154 valence electrons. The number of hydrogen-bond donors (Lipinski definition) is 2. The van der Waals surface area contributed by atoms with Gasteiger partial charge in [-0.1, -0.05) is 34.6 Å². The summed E-state index contributed by atoms with van der Waals surface area (Å²) in [6.07, 6.45) is 0.695. The van der Waals surface area contributed by atoms with Crippen LogP contribution in [0.4, 0.5) is 4.79 Å². The van der Waals surface area contributed by atoms with Crippen molar-refractivity contribution in [3.05, 3.63) is 0 Å². The molecule has 2 aliphatic rings. The van der Waals surface area contributed by atoms with Gasteiger partial charge in [0.25, 0.3) is 0 Å². The molecule has 0 radical (unpaired) electrons. The predicted octanol–water partition coefficient (Wildman–Crippen LogP) is 3.03. The van der Waals surface area contributed by atoms with Gasteiger partial charge >= 0.3 is 12.1 Å². The summed E-state index contributed by atoms with van der Waals surface area (Å²) >= 11 is 0. The number of carbonyl (C=O) groups excluding carboxylic acids is 2. The maximum Gasteiger partial charge on any atom is 0.408 e. The summed E-state index contributed by atoms with van der Waals surface area (Å²) in [4.78, 5) is 38.9. The first-order chi connectivity index (χ1) is 12.0. The largest absolute Gasteiger partial charge is 0.480 e. The van der Waals surface area contributed by atoms with Gasteiger partial charge < -0.3 is 20.1 Å². The lowest BCUT2D eigenvalue weighted by Gasteiger charge is -2.35. The van der Waals surface area contributed by atoms with E-state index in [1.54, 1.807) is 20.8 Å². The molecule has 7 heteroatoms. The second kappa shape index (κ2) is 6.38. The SMILES string of the molecule is CC(C)(C)OC(=O)N[C@H](C(=O)N1CC2(C[C@H]1C(=O)O)CC2(C)C)C(C)(C)C. The molecule has 0 bridgehead atoms. The van der Waals surface area contributed by atoms with E-state index in [1.165, 1.54) is 4.90 Å². The Morgan fingerprint density at radius 2 is 1.67 bits per heavy atom. The Bertz CT molecular complexity index is 644. The Hall–Kier alpha value is -1.79. The minimum absolute atomic E-state index is 0.0333. The van der Waals surface area contributed by atoms with Gasteiger partial charge in [0.05, 0.1) is 0 Å². The van der Waals surface area contributed by atoms with E-state index in [1.807, 2.05) is 20.8 Å². The number of nitrogens with one attached hydrogen (secondary N) is 1. The third-order valence-corrected chi connectivity index (χ3v) is 5.87. The highest BCUT2D eigenvalue weighted by molar-refractivity contribution is 5.90. The maximum absolute atomic E-state index is 13.3. The van der Waals surface area contributed by atoms with Gasteiger partial charge in [0, 0.05) is 6.54 Å². The molecule has 0 aromatic rings. The Kier molecular flexibility index (Phi) is 5.08. The number of alkyl carbamates (subject to hydrolysis) is 1. The third-order valence-electron chi connectivity index (χ3n) is 5.87. The first-order valence-electron chi connectivity index (χ1n) is 9.52. The summed E-state index contributed by atoms with van der Waals surface area (Å²) in [7, 11) is 0. The van der Waals surface area contributed by atoms with E-state index >= 15 is 0 Å². The van der Waals surface area contributed by atoms with Gasteiger partial charge in [-0.05, 0) is 49.9 Å². The zero-order valence-corrected chi connectivity index (χ0v) is 17.8. The zero-order chi connectivity index (χ0) is 21.0. The molecule has 0 aromatic heterocycles. The highest BCUT2D eigenvalue weighted by atomic mass is 16.6. The molecule has 2 N–H and O–H groups in total. The quantitative estimate of drug-likeness (QED) is 0.782. The molecule has 27 heavy (non-hydrogen) atoms. The van der Waals surface area contributed by atoms with Gasteiger partial charge in [0.2, 0.25) is 5.91 Å². The van der Waals surface area contributed by atoms with Gasteiger partial charge in [-0.15, -0.1) is 0 Å². The molecule has 2 fully saturated rings. The Labute approximate surface area is 161 Å². The number of amides is 2. The number of carboxylic acids is 1. The van der Waals surface area contributed by atoms with E-state index < -0.39 is 35.2 Å². The highest BCUT2D eigenvalue weighted by Gasteiger charge is 2.67. The van der Waals surface area contributed by atoms with Crippen LogP contribution >= 0.6 is 0 Å². The molecule has 1 spiro atoms. The lowest BCUT2D eigenvalue weighted by molar-refractivity contribution is -0.150. The average Bonchev–Trinajstić information content (AvgIpc) is 2.78. The minimum atomic E-state index is -0.993. The molecule has 7 nitrogen and oxygen atoms in total. The van der Waals surface area contributed by atoms with E-state index in [-0.39, 0.29) is 16.7 Å². The Balaban J connectivity index is 2.24. The summed E-state index contributed by atoms with van der Waals surface area (Å²) in [6, 6.07) is -1.73. The van der Waals surface area contributed by atoms with Crippen molar-refractivity contribution in [1.82, 2.24) is 10.2 Å². The number of hydrogen-bond acceptors (Lipinski definition) is 4. The normalized spacial score (nSPS) is 28.0. The zero-order valence-electron chi connectivity index (χ0n) is 17.8. The number of ether oxygens (including phenoxy) is 1. The van der Waals surface area contributed by atoms with Gasteiger partial charge in [-0.25, -0.2) is 9.59 Å². The van der Waals surface area contributed by atoms with Gasteiger partial charge in [0.1, 0.15) is 17.7 Å². The van der Waals surface area contributed by atoms with Crippen molar-refractivity contribution >= 4 is 18.0 Å². The molecule has 1 saturated heterocycles. The van der Waals surface area contributed by atoms with E-state index in [4.69, 9.17) is 4.74 Å². The number of carboxylic acid groups (broad SMARTS) is 1. The summed E-state index contributed by atoms with van der Waals surface area (Å²) in [5, 5.41) is 12.3. The fourth-order valence-corrected chi connectivity index (χ4v) is 4.09. The average molecular weight is 383 g/mol. The van der Waals surface area contributed by atoms with Gasteiger partial charge in [0.15, 0.2) is 0 Å². The topological polar surface area (TPSA) is 95.9 Å². The molecule has 0 aromatic carbocycles. The van der Waals surface area contributed by atoms with Crippen LogP contribution in [-0.4, -0.2) is 52.2 Å². The lowest BCUT2D eigenvalue weighted by Crippen LogP contribution is -2.57. The Morgan fingerprint density at radius 3 is 2.04 bits per heavy atom. The van der Waals surface area contributed by atoms with Crippen LogP contribution in [-0.2, 0) is 14.3 Å². The first kappa shape index (κ1) is 21.5. The van der Waals surface area contributed by atoms with Crippen LogP contribution in [0.5, 0.6) is 0 Å². The summed E-state index contributed by atoms with van der Waals surface area (Å²) in [5.41, 5.74) is -1.38. The van der Waals surface area contributed by atoms with Crippen molar-refractivity contribution in [2.24, 2.45) is 16.2 Å². The van der Waals surface area contributed by atoms with Crippen LogP contribution in [0.25, 0.3) is 0 Å². The number of likely N-dealkylation sites (tertiary alicyclic amines) is 1. The monoisotopic (exact) mass is 382 g/mol. The van der Waals surface area contributed by atoms with Crippen LogP contribution in [0.3, 0.4) is 0 Å². The number of carbonyl (C=O) groups is 3. The van der Waals surface area contributed by atoms with Gasteiger partial charge in [-0.3, -0.25) is 4.79 Å². The van der Waals surface area contributed by atoms with Crippen molar-refractivity contribution < 1.29 is 24.2 Å².